The van der Waals surface area contributed by atoms with Crippen LogP contribution in [0.2, 0.25) is 0 Å². The van der Waals surface area contributed by atoms with E-state index in [1.807, 2.05) is 0 Å². The molecule has 0 spiro atoms. The number of ether oxygens (including phenoxy) is 3. The monoisotopic (exact) mass is 381 g/mol. The highest BCUT2D eigenvalue weighted by molar-refractivity contribution is 8.01. The molecule has 0 atom stereocenters. The van der Waals surface area contributed by atoms with Gasteiger partial charge in [-0.15, -0.1) is 11.3 Å². The van der Waals surface area contributed by atoms with Crippen LogP contribution in [0.3, 0.4) is 0 Å². The van der Waals surface area contributed by atoms with Gasteiger partial charge in [0.1, 0.15) is 11.5 Å². The van der Waals surface area contributed by atoms with Gasteiger partial charge < -0.3 is 14.2 Å². The Morgan fingerprint density at radius 2 is 2.04 bits per heavy atom. The number of Topliss-reactive ketones (excluding diaryl/α,β-unsaturated/α-hetero) is 1. The van der Waals surface area contributed by atoms with Crippen molar-refractivity contribution in [1.29, 1.82) is 0 Å². The molecule has 1 aromatic carbocycles. The highest BCUT2D eigenvalue weighted by Crippen LogP contribution is 2.28. The maximum absolute atomic E-state index is 12.5. The van der Waals surface area contributed by atoms with E-state index in [9.17, 15) is 9.59 Å². The number of nitrogens with zero attached hydrogens (tertiary/aromatic N) is 1. The first kappa shape index (κ1) is 19.3. The van der Waals surface area contributed by atoms with Crippen LogP contribution in [0.5, 0.6) is 11.5 Å². The molecule has 0 N–H and O–H groups in total. The van der Waals surface area contributed by atoms with E-state index in [-0.39, 0.29) is 23.9 Å². The SMILES string of the molecule is CCOC(=O)Cc1csc(SCC(=O)c2cc(OC)ccc2OC)n1. The second-order valence-corrected chi connectivity index (χ2v) is 6.95. The summed E-state index contributed by atoms with van der Waals surface area (Å²) in [6.07, 6.45) is 0.141. The van der Waals surface area contributed by atoms with Gasteiger partial charge in [-0.1, -0.05) is 11.8 Å². The summed E-state index contributed by atoms with van der Waals surface area (Å²) in [7, 11) is 3.07. The first-order valence-corrected chi connectivity index (χ1v) is 9.42. The van der Waals surface area contributed by atoms with Crippen LogP contribution >= 0.6 is 23.1 Å². The van der Waals surface area contributed by atoms with Crippen molar-refractivity contribution < 1.29 is 23.8 Å². The number of rotatable bonds is 9. The van der Waals surface area contributed by atoms with Crippen LogP contribution in [0.25, 0.3) is 0 Å². The number of hydrogen-bond donors (Lipinski definition) is 0. The largest absolute Gasteiger partial charge is 0.497 e. The molecule has 0 amide bonds. The van der Waals surface area contributed by atoms with Crippen LogP contribution in [0.4, 0.5) is 0 Å². The Morgan fingerprint density at radius 1 is 1.24 bits per heavy atom. The minimum Gasteiger partial charge on any atom is -0.497 e. The second kappa shape index (κ2) is 9.43. The van der Waals surface area contributed by atoms with E-state index in [0.29, 0.717) is 29.4 Å². The number of thioether (sulfide) groups is 1. The van der Waals surface area contributed by atoms with E-state index in [1.165, 1.54) is 30.2 Å². The predicted molar refractivity (Wildman–Crippen MR) is 97.1 cm³/mol. The molecule has 6 nitrogen and oxygen atoms in total. The van der Waals surface area contributed by atoms with E-state index in [2.05, 4.69) is 4.98 Å². The number of hydrogen-bond acceptors (Lipinski definition) is 8. The van der Waals surface area contributed by atoms with Crippen LogP contribution in [0, 0.1) is 0 Å². The van der Waals surface area contributed by atoms with Gasteiger partial charge in [-0.25, -0.2) is 4.98 Å². The maximum atomic E-state index is 12.5. The zero-order valence-corrected chi connectivity index (χ0v) is 15.9. The molecule has 0 aliphatic heterocycles. The number of benzene rings is 1. The normalized spacial score (nSPS) is 10.4. The Kier molecular flexibility index (Phi) is 7.27. The van der Waals surface area contributed by atoms with Gasteiger partial charge in [-0.05, 0) is 25.1 Å². The molecule has 1 aromatic heterocycles. The van der Waals surface area contributed by atoms with Gasteiger partial charge >= 0.3 is 5.97 Å². The summed E-state index contributed by atoms with van der Waals surface area (Å²) in [5.41, 5.74) is 1.12. The number of carbonyl (C=O) groups excluding carboxylic acids is 2. The second-order valence-electron chi connectivity index (χ2n) is 4.86. The molecule has 2 rings (SSSR count). The lowest BCUT2D eigenvalue weighted by atomic mass is 10.1. The summed E-state index contributed by atoms with van der Waals surface area (Å²) in [5, 5.41) is 1.80. The first-order chi connectivity index (χ1) is 12.1. The van der Waals surface area contributed by atoms with Crippen LogP contribution in [-0.4, -0.2) is 43.3 Å². The highest BCUT2D eigenvalue weighted by atomic mass is 32.2. The molecule has 0 saturated heterocycles. The summed E-state index contributed by atoms with van der Waals surface area (Å²) in [5.74, 6) is 0.939. The lowest BCUT2D eigenvalue weighted by Gasteiger charge is -2.09. The van der Waals surface area contributed by atoms with Gasteiger partial charge in [-0.3, -0.25) is 9.59 Å². The van der Waals surface area contributed by atoms with Crippen LogP contribution in [-0.2, 0) is 16.0 Å². The van der Waals surface area contributed by atoms with Crippen LogP contribution in [0.1, 0.15) is 23.0 Å². The fourth-order valence-corrected chi connectivity index (χ4v) is 3.76. The quantitative estimate of drug-likeness (QED) is 0.375. The van der Waals surface area contributed by atoms with Gasteiger partial charge in [0.15, 0.2) is 10.1 Å². The maximum Gasteiger partial charge on any atom is 0.311 e. The molecule has 134 valence electrons. The zero-order valence-electron chi connectivity index (χ0n) is 14.2. The lowest BCUT2D eigenvalue weighted by Crippen LogP contribution is -2.07. The topological polar surface area (TPSA) is 74.7 Å². The van der Waals surface area contributed by atoms with Gasteiger partial charge in [0.2, 0.25) is 0 Å². The van der Waals surface area contributed by atoms with Gasteiger partial charge in [0, 0.05) is 5.38 Å². The fraction of sp³-hybridized carbons (Fsp3) is 0.353. The smallest absolute Gasteiger partial charge is 0.311 e. The summed E-state index contributed by atoms with van der Waals surface area (Å²) >= 11 is 2.73. The molecule has 0 saturated carbocycles. The number of thiazole rings is 1. The molecule has 0 aliphatic rings. The molecule has 2 aromatic rings. The van der Waals surface area contributed by atoms with Crippen molar-refractivity contribution in [3.05, 3.63) is 34.8 Å². The molecule has 0 bridgehead atoms. The van der Waals surface area contributed by atoms with Crippen molar-refractivity contribution in [3.8, 4) is 11.5 Å². The van der Waals surface area contributed by atoms with E-state index >= 15 is 0 Å². The number of ketones is 1. The average molecular weight is 381 g/mol. The Balaban J connectivity index is 1.98. The third kappa shape index (κ3) is 5.47. The predicted octanol–water partition coefficient (Wildman–Crippen LogP) is 3.24. The Hall–Kier alpha value is -2.06. The molecule has 1 heterocycles. The molecule has 0 radical (unpaired) electrons. The molecular formula is C17H19NO5S2. The van der Waals surface area contributed by atoms with Crippen molar-refractivity contribution in [2.45, 2.75) is 17.7 Å². The van der Waals surface area contributed by atoms with Crippen molar-refractivity contribution in [1.82, 2.24) is 4.98 Å². The molecule has 8 heteroatoms. The Bertz CT molecular complexity index is 744. The van der Waals surface area contributed by atoms with Crippen molar-refractivity contribution in [2.75, 3.05) is 26.6 Å². The van der Waals surface area contributed by atoms with Gasteiger partial charge in [0.05, 0.1) is 44.3 Å². The van der Waals surface area contributed by atoms with Crippen molar-refractivity contribution >= 4 is 34.9 Å². The molecule has 0 fully saturated rings. The number of methoxy groups -OCH3 is 2. The fourth-order valence-electron chi connectivity index (χ4n) is 2.03. The van der Waals surface area contributed by atoms with Gasteiger partial charge in [-0.2, -0.15) is 0 Å². The zero-order chi connectivity index (χ0) is 18.2. The minimum atomic E-state index is -0.304. The summed E-state index contributed by atoms with van der Waals surface area (Å²) in [6, 6.07) is 5.11. The summed E-state index contributed by atoms with van der Waals surface area (Å²) in [6.45, 7) is 2.11. The lowest BCUT2D eigenvalue weighted by molar-refractivity contribution is -0.142. The third-order valence-corrected chi connectivity index (χ3v) is 5.27. The number of esters is 1. The number of carbonyl (C=O) groups is 2. The minimum absolute atomic E-state index is 0.0807. The average Bonchev–Trinajstić information content (AvgIpc) is 3.06. The first-order valence-electron chi connectivity index (χ1n) is 7.55. The van der Waals surface area contributed by atoms with E-state index in [0.717, 1.165) is 4.34 Å². The van der Waals surface area contributed by atoms with Crippen molar-refractivity contribution in [3.63, 3.8) is 0 Å². The molecule has 0 aliphatic carbocycles. The number of aromatic nitrogens is 1. The van der Waals surface area contributed by atoms with E-state index < -0.39 is 0 Å². The summed E-state index contributed by atoms with van der Waals surface area (Å²) < 4.78 is 16.0. The third-order valence-electron chi connectivity index (χ3n) is 3.20. The van der Waals surface area contributed by atoms with E-state index in [4.69, 9.17) is 14.2 Å². The standard InChI is InChI=1S/C17H19NO5S2/c1-4-23-16(20)7-11-9-24-17(18-11)25-10-14(19)13-8-12(21-2)5-6-15(13)22-3/h5-6,8-9H,4,7,10H2,1-3H3. The summed E-state index contributed by atoms with van der Waals surface area (Å²) in [4.78, 5) is 28.3. The Morgan fingerprint density at radius 3 is 2.72 bits per heavy atom. The van der Waals surface area contributed by atoms with E-state index in [1.54, 1.807) is 37.6 Å². The van der Waals surface area contributed by atoms with Gasteiger partial charge in [0.25, 0.3) is 0 Å². The van der Waals surface area contributed by atoms with Crippen LogP contribution in [0.15, 0.2) is 27.9 Å². The molecule has 25 heavy (non-hydrogen) atoms. The Labute approximate surface area is 154 Å². The highest BCUT2D eigenvalue weighted by Gasteiger charge is 2.15. The molecular weight excluding hydrogens is 362 g/mol. The molecule has 0 unspecified atom stereocenters. The van der Waals surface area contributed by atoms with Crippen molar-refractivity contribution in [2.24, 2.45) is 0 Å². The van der Waals surface area contributed by atoms with Crippen LogP contribution < -0.4 is 9.47 Å².